The van der Waals surface area contributed by atoms with Crippen LogP contribution in [0.5, 0.6) is 0 Å². The number of rotatable bonds is 0. The van der Waals surface area contributed by atoms with Crippen molar-refractivity contribution in [1.82, 2.24) is 8.75 Å². The second-order valence-electron chi connectivity index (χ2n) is 3.10. The van der Waals surface area contributed by atoms with Crippen molar-refractivity contribution in [1.29, 1.82) is 0 Å². The molecule has 0 atom stereocenters. The van der Waals surface area contributed by atoms with Crippen molar-refractivity contribution >= 4 is 22.8 Å². The fourth-order valence-electron chi connectivity index (χ4n) is 1.38. The van der Waals surface area contributed by atoms with Crippen LogP contribution in [-0.2, 0) is 0 Å². The van der Waals surface area contributed by atoms with Gasteiger partial charge in [0.2, 0.25) is 0 Å². The molecular weight excluding hydrogens is 216 g/mol. The van der Waals surface area contributed by atoms with E-state index in [2.05, 4.69) is 35.6 Å². The molecule has 0 fully saturated rings. The van der Waals surface area contributed by atoms with E-state index in [0.29, 0.717) is 0 Å². The molecule has 3 heteroatoms. The van der Waals surface area contributed by atoms with E-state index in [-0.39, 0.29) is 0 Å². The van der Waals surface area contributed by atoms with Crippen LogP contribution in [-0.4, -0.2) is 8.75 Å². The van der Waals surface area contributed by atoms with Crippen LogP contribution >= 0.6 is 11.7 Å². The molecule has 16 heavy (non-hydrogen) atoms. The van der Waals surface area contributed by atoms with E-state index in [9.17, 15) is 0 Å². The van der Waals surface area contributed by atoms with Gasteiger partial charge in [0.25, 0.3) is 0 Å². The summed E-state index contributed by atoms with van der Waals surface area (Å²) in [6.45, 7) is 14.3. The Labute approximate surface area is 103 Å². The highest BCUT2D eigenvalue weighted by atomic mass is 32.1. The Morgan fingerprint density at radius 1 is 0.812 bits per heavy atom. The van der Waals surface area contributed by atoms with E-state index in [1.165, 1.54) is 28.4 Å². The molecule has 0 saturated carbocycles. The van der Waals surface area contributed by atoms with Gasteiger partial charge in [-0.3, -0.25) is 0 Å². The number of aromatic nitrogens is 2. The lowest BCUT2D eigenvalue weighted by Crippen LogP contribution is -1.86. The maximum Gasteiger partial charge on any atom is 0.108 e. The van der Waals surface area contributed by atoms with Crippen LogP contribution in [0.25, 0.3) is 11.0 Å². The Hall–Kier alpha value is -0.960. The molecule has 2 nitrogen and oxygen atoms in total. The largest absolute Gasteiger partial charge is 0.173 e. The van der Waals surface area contributed by atoms with E-state index < -0.39 is 0 Å². The highest BCUT2D eigenvalue weighted by Gasteiger charge is 2.06. The lowest BCUT2D eigenvalue weighted by atomic mass is 10.0. The third-order valence-electron chi connectivity index (χ3n) is 2.24. The first-order chi connectivity index (χ1) is 7.70. The molecule has 0 unspecified atom stereocenters. The molecule has 0 spiro atoms. The first-order valence-electron chi connectivity index (χ1n) is 5.89. The normalized spacial score (nSPS) is 8.94. The second-order valence-corrected chi connectivity index (χ2v) is 3.63. The van der Waals surface area contributed by atoms with Crippen molar-refractivity contribution in [3.8, 4) is 0 Å². The maximum atomic E-state index is 4.27. The van der Waals surface area contributed by atoms with Crippen molar-refractivity contribution < 1.29 is 0 Å². The van der Waals surface area contributed by atoms with Gasteiger partial charge in [0, 0.05) is 0 Å². The van der Waals surface area contributed by atoms with Gasteiger partial charge in [0.1, 0.15) is 11.0 Å². The molecule has 2 rings (SSSR count). The smallest absolute Gasteiger partial charge is 0.108 e. The van der Waals surface area contributed by atoms with Gasteiger partial charge in [-0.15, -0.1) is 0 Å². The third-order valence-corrected chi connectivity index (χ3v) is 2.77. The zero-order valence-corrected chi connectivity index (χ0v) is 12.2. The Morgan fingerprint density at radius 3 is 1.88 bits per heavy atom. The molecule has 0 bridgehead atoms. The molecule has 0 radical (unpaired) electrons. The number of nitrogens with zero attached hydrogens (tertiary/aromatic N) is 2. The fourth-order valence-corrected chi connectivity index (χ4v) is 2.04. The summed E-state index contributed by atoms with van der Waals surface area (Å²) < 4.78 is 8.52. The van der Waals surface area contributed by atoms with Gasteiger partial charge in [-0.2, -0.15) is 8.75 Å². The quantitative estimate of drug-likeness (QED) is 0.666. The van der Waals surface area contributed by atoms with Crippen molar-refractivity contribution in [2.75, 3.05) is 0 Å². The van der Waals surface area contributed by atoms with Gasteiger partial charge in [-0.25, -0.2) is 0 Å². The van der Waals surface area contributed by atoms with Crippen molar-refractivity contribution in [2.45, 2.75) is 48.5 Å². The van der Waals surface area contributed by atoms with E-state index >= 15 is 0 Å². The average molecular weight is 238 g/mol. The minimum absolute atomic E-state index is 1.06. The molecule has 0 aliphatic rings. The lowest BCUT2D eigenvalue weighted by molar-refractivity contribution is 1.32. The van der Waals surface area contributed by atoms with Gasteiger partial charge in [-0.05, 0) is 37.5 Å². The molecule has 0 amide bonds. The molecule has 0 N–H and O–H groups in total. The number of hydrogen-bond donors (Lipinski definition) is 0. The van der Waals surface area contributed by atoms with Gasteiger partial charge in [0.05, 0.1) is 11.7 Å². The SMILES string of the molecule is CC.CC.Cc1cc(C)c2nsnc2c1C. The summed E-state index contributed by atoms with van der Waals surface area (Å²) in [6.07, 6.45) is 0. The van der Waals surface area contributed by atoms with Crippen LogP contribution in [0.2, 0.25) is 0 Å². The molecule has 1 aromatic carbocycles. The summed E-state index contributed by atoms with van der Waals surface area (Å²) in [7, 11) is 0. The van der Waals surface area contributed by atoms with Gasteiger partial charge >= 0.3 is 0 Å². The summed E-state index contributed by atoms with van der Waals surface area (Å²) in [5.41, 5.74) is 5.90. The Bertz CT molecular complexity index is 433. The van der Waals surface area contributed by atoms with Crippen molar-refractivity contribution in [2.24, 2.45) is 0 Å². The molecule has 0 saturated heterocycles. The third kappa shape index (κ3) is 3.01. The number of benzene rings is 1. The second kappa shape index (κ2) is 7.34. The molecule has 1 heterocycles. The lowest BCUT2D eigenvalue weighted by Gasteiger charge is -2.01. The Morgan fingerprint density at radius 2 is 1.31 bits per heavy atom. The summed E-state index contributed by atoms with van der Waals surface area (Å²) in [5.74, 6) is 0. The highest BCUT2D eigenvalue weighted by Crippen LogP contribution is 2.22. The van der Waals surface area contributed by atoms with Crippen molar-refractivity contribution in [3.63, 3.8) is 0 Å². The van der Waals surface area contributed by atoms with Gasteiger partial charge < -0.3 is 0 Å². The van der Waals surface area contributed by atoms with Gasteiger partial charge in [0.15, 0.2) is 0 Å². The minimum Gasteiger partial charge on any atom is -0.173 e. The van der Waals surface area contributed by atoms with E-state index in [1.807, 2.05) is 27.7 Å². The minimum atomic E-state index is 1.06. The number of fused-ring (bicyclic) bond motifs is 1. The predicted molar refractivity (Wildman–Crippen MR) is 74.3 cm³/mol. The van der Waals surface area contributed by atoms with Crippen LogP contribution in [0.1, 0.15) is 44.4 Å². The number of aryl methyl sites for hydroxylation is 3. The maximum absolute atomic E-state index is 4.27. The molecule has 0 aliphatic carbocycles. The monoisotopic (exact) mass is 238 g/mol. The highest BCUT2D eigenvalue weighted by molar-refractivity contribution is 7.00. The summed E-state index contributed by atoms with van der Waals surface area (Å²) in [5, 5.41) is 0. The standard InChI is InChI=1S/C9H10N2S.2C2H6/c1-5-4-6(2)8-9(7(5)3)11-12-10-8;2*1-2/h4H,1-3H3;2*1-2H3. The molecule has 90 valence electrons. The molecule has 1 aromatic heterocycles. The number of hydrogen-bond acceptors (Lipinski definition) is 3. The topological polar surface area (TPSA) is 25.8 Å². The van der Waals surface area contributed by atoms with Crippen LogP contribution in [0.15, 0.2) is 6.07 Å². The zero-order chi connectivity index (χ0) is 12.7. The summed E-state index contributed by atoms with van der Waals surface area (Å²) in [6, 6.07) is 2.17. The average Bonchev–Trinajstić information content (AvgIpc) is 2.81. The van der Waals surface area contributed by atoms with E-state index in [4.69, 9.17) is 0 Å². The first kappa shape index (κ1) is 15.0. The molecule has 2 aromatic rings. The Balaban J connectivity index is 0.000000509. The van der Waals surface area contributed by atoms with E-state index in [1.54, 1.807) is 0 Å². The fraction of sp³-hybridized carbons (Fsp3) is 0.538. The van der Waals surface area contributed by atoms with Crippen LogP contribution < -0.4 is 0 Å². The Kier molecular flexibility index (Phi) is 6.90. The predicted octanol–water partition coefficient (Wildman–Crippen LogP) is 4.67. The summed E-state index contributed by atoms with van der Waals surface area (Å²) >= 11 is 1.29. The zero-order valence-electron chi connectivity index (χ0n) is 11.4. The van der Waals surface area contributed by atoms with Crippen LogP contribution in [0.4, 0.5) is 0 Å². The molecule has 0 aliphatic heterocycles. The van der Waals surface area contributed by atoms with E-state index in [0.717, 1.165) is 11.0 Å². The first-order valence-corrected chi connectivity index (χ1v) is 6.62. The van der Waals surface area contributed by atoms with Crippen LogP contribution in [0.3, 0.4) is 0 Å². The van der Waals surface area contributed by atoms with Crippen LogP contribution in [0, 0.1) is 20.8 Å². The molecular formula is C13H22N2S. The summed E-state index contributed by atoms with van der Waals surface area (Å²) in [4.78, 5) is 0. The van der Waals surface area contributed by atoms with Gasteiger partial charge in [-0.1, -0.05) is 33.8 Å². The van der Waals surface area contributed by atoms with Crippen molar-refractivity contribution in [3.05, 3.63) is 22.8 Å².